The second-order valence-electron chi connectivity index (χ2n) is 17.6. The first kappa shape index (κ1) is 32.5. The summed E-state index contributed by atoms with van der Waals surface area (Å²) >= 11 is 0. The monoisotopic (exact) mass is 637 g/mol. The van der Waals surface area contributed by atoms with E-state index in [0.717, 1.165) is 43.2 Å². The zero-order chi connectivity index (χ0) is 33.6. The molecule has 4 saturated carbocycles. The summed E-state index contributed by atoms with van der Waals surface area (Å²) in [5, 5.41) is 12.8. The lowest BCUT2D eigenvalue weighted by atomic mass is 9.32. The normalized spacial score (nSPS) is 40.2. The average molecular weight is 638 g/mol. The first-order valence-corrected chi connectivity index (χ1v) is 18.2. The van der Waals surface area contributed by atoms with E-state index in [2.05, 4.69) is 59.5 Å². The zero-order valence-electron chi connectivity index (χ0n) is 29.5. The average Bonchev–Trinajstić information content (AvgIpc) is 3.69. The van der Waals surface area contributed by atoms with E-state index >= 15 is 0 Å². The molecule has 1 aromatic carbocycles. The molecule has 5 heteroatoms. The number of amides is 1. The third kappa shape index (κ3) is 4.53. The molecule has 2 N–H and O–H groups in total. The van der Waals surface area contributed by atoms with Crippen molar-refractivity contribution >= 4 is 17.4 Å². The van der Waals surface area contributed by atoms with Gasteiger partial charge in [-0.25, -0.2) is 4.79 Å². The summed E-state index contributed by atoms with van der Waals surface area (Å²) in [7, 11) is 0. The maximum atomic E-state index is 14.3. The number of furan rings is 1. The van der Waals surface area contributed by atoms with Crippen LogP contribution in [0.5, 0.6) is 0 Å². The maximum Gasteiger partial charge on any atom is 0.335 e. The molecular weight excluding hydrogens is 582 g/mol. The Kier molecular flexibility index (Phi) is 7.58. The third-order valence-electron chi connectivity index (χ3n) is 15.6. The summed E-state index contributed by atoms with van der Waals surface area (Å²) < 4.78 is 5.28. The minimum absolute atomic E-state index is 0.0118. The minimum Gasteiger partial charge on any atom is -0.478 e. The standard InChI is InChI=1S/C42H55NO4/c1-26(2)30-14-20-42(37(46)43-24-27-17-23-47-25-27)22-21-40(6)32(35(30)42)12-13-34-39(5)18-15-31(28-8-10-29(11-9-28)36(44)45)38(3,4)33(39)16-19-41(34,40)7/h8-11,15,17,23,25,30,32-35H,1,12-14,16,18-22,24H2,2-7H3,(H,43,46)(H,44,45)/t30-,32+,33-,34+,35+,39-,40+,41+,42-/m0/s1. The van der Waals surface area contributed by atoms with Gasteiger partial charge in [-0.05, 0) is 145 Å². The first-order chi connectivity index (χ1) is 22.2. The van der Waals surface area contributed by atoms with Crippen molar-refractivity contribution in [3.05, 3.63) is 77.8 Å². The van der Waals surface area contributed by atoms with Crippen LogP contribution in [0.15, 0.2) is 65.5 Å². The van der Waals surface area contributed by atoms with Crippen LogP contribution >= 0.6 is 0 Å². The van der Waals surface area contributed by atoms with Crippen molar-refractivity contribution in [1.82, 2.24) is 5.32 Å². The van der Waals surface area contributed by atoms with Gasteiger partial charge in [0.05, 0.1) is 23.5 Å². The van der Waals surface area contributed by atoms with Crippen molar-refractivity contribution in [1.29, 1.82) is 0 Å². The Morgan fingerprint density at radius 2 is 1.66 bits per heavy atom. The van der Waals surface area contributed by atoms with Gasteiger partial charge in [-0.1, -0.05) is 65.0 Å². The molecule has 0 saturated heterocycles. The molecule has 0 radical (unpaired) electrons. The fourth-order valence-electron chi connectivity index (χ4n) is 13.2. The summed E-state index contributed by atoms with van der Waals surface area (Å²) in [4.78, 5) is 25.8. The van der Waals surface area contributed by atoms with Crippen LogP contribution in [-0.2, 0) is 11.3 Å². The Morgan fingerprint density at radius 1 is 0.915 bits per heavy atom. The van der Waals surface area contributed by atoms with E-state index in [0.29, 0.717) is 41.7 Å². The molecule has 5 aliphatic rings. The second kappa shape index (κ2) is 11.0. The van der Waals surface area contributed by atoms with Gasteiger partial charge in [0.15, 0.2) is 0 Å². The molecule has 7 rings (SSSR count). The number of aromatic carboxylic acids is 1. The number of fused-ring (bicyclic) bond motifs is 7. The van der Waals surface area contributed by atoms with E-state index in [-0.39, 0.29) is 33.0 Å². The third-order valence-corrected chi connectivity index (χ3v) is 15.6. The van der Waals surface area contributed by atoms with Gasteiger partial charge < -0.3 is 14.8 Å². The first-order valence-electron chi connectivity index (χ1n) is 18.2. The predicted molar refractivity (Wildman–Crippen MR) is 186 cm³/mol. The fraction of sp³-hybridized carbons (Fsp3) is 0.619. The van der Waals surface area contributed by atoms with Crippen molar-refractivity contribution in [2.45, 2.75) is 106 Å². The van der Waals surface area contributed by atoms with Gasteiger partial charge in [0.25, 0.3) is 0 Å². The number of hydrogen-bond donors (Lipinski definition) is 2. The van der Waals surface area contributed by atoms with Gasteiger partial charge in [0.1, 0.15) is 0 Å². The Hall–Kier alpha value is -3.08. The molecule has 5 aliphatic carbocycles. The highest BCUT2D eigenvalue weighted by atomic mass is 16.4. The number of carboxylic acids is 1. The van der Waals surface area contributed by atoms with E-state index in [1.165, 1.54) is 36.8 Å². The Labute approximate surface area is 281 Å². The van der Waals surface area contributed by atoms with Gasteiger partial charge in [-0.15, -0.1) is 0 Å². The number of rotatable bonds is 6. The van der Waals surface area contributed by atoms with Crippen LogP contribution in [0.2, 0.25) is 0 Å². The lowest BCUT2D eigenvalue weighted by Crippen LogP contribution is -2.66. The van der Waals surface area contributed by atoms with Crippen LogP contribution < -0.4 is 5.32 Å². The maximum absolute atomic E-state index is 14.3. The van der Waals surface area contributed by atoms with Crippen molar-refractivity contribution in [2.75, 3.05) is 0 Å². The topological polar surface area (TPSA) is 79.5 Å². The van der Waals surface area contributed by atoms with Crippen LogP contribution in [-0.4, -0.2) is 17.0 Å². The highest BCUT2D eigenvalue weighted by Crippen LogP contribution is 2.77. The van der Waals surface area contributed by atoms with Crippen LogP contribution in [0.3, 0.4) is 0 Å². The van der Waals surface area contributed by atoms with E-state index in [1.807, 2.05) is 18.2 Å². The van der Waals surface area contributed by atoms with Gasteiger partial charge >= 0.3 is 5.97 Å². The van der Waals surface area contributed by atoms with Crippen LogP contribution in [0.25, 0.3) is 5.57 Å². The fourth-order valence-corrected chi connectivity index (χ4v) is 13.2. The lowest BCUT2D eigenvalue weighted by Gasteiger charge is -2.72. The smallest absolute Gasteiger partial charge is 0.335 e. The Balaban J connectivity index is 1.21. The summed E-state index contributed by atoms with van der Waals surface area (Å²) in [6.45, 7) is 20.0. The highest BCUT2D eigenvalue weighted by molar-refractivity contribution is 5.88. The molecule has 1 aromatic heterocycles. The molecule has 1 amide bonds. The van der Waals surface area contributed by atoms with E-state index in [1.54, 1.807) is 24.7 Å². The number of nitrogens with one attached hydrogen (secondary N) is 1. The van der Waals surface area contributed by atoms with E-state index in [9.17, 15) is 14.7 Å². The summed E-state index contributed by atoms with van der Waals surface area (Å²) in [6.07, 6.45) is 16.0. The van der Waals surface area contributed by atoms with Crippen molar-refractivity contribution in [2.24, 2.45) is 56.7 Å². The molecule has 0 spiro atoms. The molecule has 0 aliphatic heterocycles. The molecule has 9 atom stereocenters. The Bertz CT molecular complexity index is 1600. The van der Waals surface area contributed by atoms with Crippen molar-refractivity contribution < 1.29 is 19.1 Å². The number of benzene rings is 1. The molecular formula is C42H55NO4. The predicted octanol–water partition coefficient (Wildman–Crippen LogP) is 9.95. The van der Waals surface area contributed by atoms with Gasteiger partial charge in [-0.3, -0.25) is 4.79 Å². The highest BCUT2D eigenvalue weighted by Gasteiger charge is 2.71. The quantitative estimate of drug-likeness (QED) is 0.309. The number of carbonyl (C=O) groups is 2. The summed E-state index contributed by atoms with van der Waals surface area (Å²) in [5.74, 6) is 1.80. The SMILES string of the molecule is C=C(C)[C@@H]1CC[C@]2(C(=O)NCc3ccoc3)CC[C@]3(C)[C@H](CC[C@@H]4[C@@]5(C)CC=C(c6ccc(C(=O)O)cc6)C(C)(C)[C@@H]5CC[C@]43C)[C@@H]12. The molecule has 2 aromatic rings. The molecule has 252 valence electrons. The summed E-state index contributed by atoms with van der Waals surface area (Å²) in [6, 6.07) is 9.48. The van der Waals surface area contributed by atoms with Crippen molar-refractivity contribution in [3.63, 3.8) is 0 Å². The van der Waals surface area contributed by atoms with Gasteiger partial charge in [0, 0.05) is 12.1 Å². The molecule has 1 heterocycles. The minimum atomic E-state index is -0.876. The number of allylic oxidation sites excluding steroid dienone is 3. The van der Waals surface area contributed by atoms with Crippen molar-refractivity contribution in [3.8, 4) is 0 Å². The van der Waals surface area contributed by atoms with Crippen LogP contribution in [0.4, 0.5) is 0 Å². The second-order valence-corrected chi connectivity index (χ2v) is 17.6. The largest absolute Gasteiger partial charge is 0.478 e. The molecule has 0 bridgehead atoms. The lowest BCUT2D eigenvalue weighted by molar-refractivity contribution is -0.225. The molecule has 4 fully saturated rings. The Morgan fingerprint density at radius 3 is 2.32 bits per heavy atom. The number of carboxylic acid groups (broad SMARTS) is 1. The van der Waals surface area contributed by atoms with E-state index < -0.39 is 5.97 Å². The summed E-state index contributed by atoms with van der Waals surface area (Å²) in [5.41, 5.74) is 5.38. The van der Waals surface area contributed by atoms with Crippen LogP contribution in [0, 0.1) is 56.7 Å². The van der Waals surface area contributed by atoms with Crippen LogP contribution in [0.1, 0.15) is 121 Å². The number of carbonyl (C=O) groups excluding carboxylic acids is 1. The molecule has 5 nitrogen and oxygen atoms in total. The molecule has 47 heavy (non-hydrogen) atoms. The van der Waals surface area contributed by atoms with Gasteiger partial charge in [0.2, 0.25) is 5.91 Å². The number of hydrogen-bond acceptors (Lipinski definition) is 3. The zero-order valence-corrected chi connectivity index (χ0v) is 29.5. The van der Waals surface area contributed by atoms with Gasteiger partial charge in [-0.2, -0.15) is 0 Å². The van der Waals surface area contributed by atoms with E-state index in [4.69, 9.17) is 4.42 Å². The molecule has 0 unspecified atom stereocenters.